The van der Waals surface area contributed by atoms with Crippen molar-refractivity contribution in [3.05, 3.63) is 29.8 Å². The van der Waals surface area contributed by atoms with Crippen LogP contribution in [0.4, 0.5) is 8.78 Å². The minimum absolute atomic E-state index is 0.0866. The second kappa shape index (κ2) is 5.45. The normalized spacial score (nSPS) is 22.2. The number of ether oxygens (including phenoxy) is 1. The predicted molar refractivity (Wildman–Crippen MR) is 62.1 cm³/mol. The SMILES string of the molecule is CC(Oc1cc(F)cc(F)c1)C1CCCCN1. The van der Waals surface area contributed by atoms with Gasteiger partial charge in [0.15, 0.2) is 0 Å². The summed E-state index contributed by atoms with van der Waals surface area (Å²) in [6.07, 6.45) is 3.30. The maximum atomic E-state index is 13.0. The molecular weight excluding hydrogens is 224 g/mol. The Balaban J connectivity index is 1.99. The van der Waals surface area contributed by atoms with Gasteiger partial charge in [0.2, 0.25) is 0 Å². The van der Waals surface area contributed by atoms with Crippen molar-refractivity contribution in [2.24, 2.45) is 0 Å². The largest absolute Gasteiger partial charge is 0.489 e. The standard InChI is InChI=1S/C13H17F2NO/c1-9(13-4-2-3-5-16-13)17-12-7-10(14)6-11(15)8-12/h6-9,13,16H,2-5H2,1H3. The van der Waals surface area contributed by atoms with Crippen LogP contribution >= 0.6 is 0 Å². The highest BCUT2D eigenvalue weighted by Crippen LogP contribution is 2.19. The molecule has 2 nitrogen and oxygen atoms in total. The number of hydrogen-bond donors (Lipinski definition) is 1. The van der Waals surface area contributed by atoms with Gasteiger partial charge in [-0.25, -0.2) is 8.78 Å². The molecule has 1 aliphatic heterocycles. The Hall–Kier alpha value is -1.16. The summed E-state index contributed by atoms with van der Waals surface area (Å²) in [5.74, 6) is -0.963. The maximum Gasteiger partial charge on any atom is 0.129 e. The van der Waals surface area contributed by atoms with E-state index in [1.54, 1.807) is 0 Å². The maximum absolute atomic E-state index is 13.0. The molecule has 1 aliphatic rings. The summed E-state index contributed by atoms with van der Waals surface area (Å²) in [5, 5.41) is 3.36. The fraction of sp³-hybridized carbons (Fsp3) is 0.538. The molecule has 0 aromatic heterocycles. The van der Waals surface area contributed by atoms with Gasteiger partial charge in [0.25, 0.3) is 0 Å². The highest BCUT2D eigenvalue weighted by atomic mass is 19.1. The van der Waals surface area contributed by atoms with Crippen LogP contribution in [0, 0.1) is 11.6 Å². The van der Waals surface area contributed by atoms with Crippen molar-refractivity contribution in [3.8, 4) is 5.75 Å². The Bertz CT molecular complexity index is 357. The van der Waals surface area contributed by atoms with E-state index in [1.165, 1.54) is 25.0 Å². The van der Waals surface area contributed by atoms with Crippen LogP contribution < -0.4 is 10.1 Å². The quantitative estimate of drug-likeness (QED) is 0.878. The zero-order valence-electron chi connectivity index (χ0n) is 9.88. The first kappa shape index (κ1) is 12.3. The Kier molecular flexibility index (Phi) is 3.94. The van der Waals surface area contributed by atoms with Crippen LogP contribution in [0.5, 0.6) is 5.75 Å². The average Bonchev–Trinajstić information content (AvgIpc) is 2.28. The fourth-order valence-electron chi connectivity index (χ4n) is 2.17. The highest BCUT2D eigenvalue weighted by molar-refractivity contribution is 5.24. The Morgan fingerprint density at radius 1 is 1.24 bits per heavy atom. The minimum atomic E-state index is -0.608. The van der Waals surface area contributed by atoms with E-state index in [4.69, 9.17) is 4.74 Å². The first-order valence-corrected chi connectivity index (χ1v) is 6.01. The van der Waals surface area contributed by atoms with E-state index in [0.29, 0.717) is 0 Å². The predicted octanol–water partition coefficient (Wildman–Crippen LogP) is 2.87. The molecule has 0 amide bonds. The van der Waals surface area contributed by atoms with Crippen molar-refractivity contribution in [1.82, 2.24) is 5.32 Å². The molecule has 1 aromatic rings. The van der Waals surface area contributed by atoms with Gasteiger partial charge in [-0.3, -0.25) is 0 Å². The molecule has 0 aliphatic carbocycles. The van der Waals surface area contributed by atoms with Crippen LogP contribution in [0.2, 0.25) is 0 Å². The molecule has 1 heterocycles. The van der Waals surface area contributed by atoms with Gasteiger partial charge in [-0.05, 0) is 26.3 Å². The molecule has 94 valence electrons. The third kappa shape index (κ3) is 3.40. The monoisotopic (exact) mass is 241 g/mol. The lowest BCUT2D eigenvalue weighted by Crippen LogP contribution is -2.44. The van der Waals surface area contributed by atoms with Gasteiger partial charge >= 0.3 is 0 Å². The van der Waals surface area contributed by atoms with E-state index < -0.39 is 11.6 Å². The van der Waals surface area contributed by atoms with Gasteiger partial charge < -0.3 is 10.1 Å². The van der Waals surface area contributed by atoms with Gasteiger partial charge in [0.1, 0.15) is 23.5 Å². The molecule has 17 heavy (non-hydrogen) atoms. The van der Waals surface area contributed by atoms with Gasteiger partial charge in [0, 0.05) is 24.2 Å². The van der Waals surface area contributed by atoms with E-state index in [-0.39, 0.29) is 17.9 Å². The molecule has 0 radical (unpaired) electrons. The zero-order valence-corrected chi connectivity index (χ0v) is 9.88. The second-order valence-electron chi connectivity index (χ2n) is 4.48. The molecule has 1 N–H and O–H groups in total. The number of piperidine rings is 1. The summed E-state index contributed by atoms with van der Waals surface area (Å²) >= 11 is 0. The van der Waals surface area contributed by atoms with Crippen molar-refractivity contribution in [2.75, 3.05) is 6.54 Å². The molecule has 4 heteroatoms. The van der Waals surface area contributed by atoms with Crippen LogP contribution in [0.1, 0.15) is 26.2 Å². The van der Waals surface area contributed by atoms with E-state index >= 15 is 0 Å². The van der Waals surface area contributed by atoms with Gasteiger partial charge in [-0.2, -0.15) is 0 Å². The van der Waals surface area contributed by atoms with Gasteiger partial charge in [-0.15, -0.1) is 0 Å². The number of benzene rings is 1. The summed E-state index contributed by atoms with van der Waals surface area (Å²) in [4.78, 5) is 0. The minimum Gasteiger partial charge on any atom is -0.489 e. The lowest BCUT2D eigenvalue weighted by molar-refractivity contribution is 0.151. The molecule has 0 bridgehead atoms. The highest BCUT2D eigenvalue weighted by Gasteiger charge is 2.21. The number of nitrogens with one attached hydrogen (secondary N) is 1. The fourth-order valence-corrected chi connectivity index (χ4v) is 2.17. The Morgan fingerprint density at radius 2 is 1.94 bits per heavy atom. The van der Waals surface area contributed by atoms with Crippen LogP contribution in [-0.2, 0) is 0 Å². The number of rotatable bonds is 3. The van der Waals surface area contributed by atoms with Crippen LogP contribution in [0.3, 0.4) is 0 Å². The molecule has 2 unspecified atom stereocenters. The molecular formula is C13H17F2NO. The summed E-state index contributed by atoms with van der Waals surface area (Å²) < 4.78 is 31.5. The molecule has 1 saturated heterocycles. The summed E-state index contributed by atoms with van der Waals surface area (Å²) in [5.41, 5.74) is 0. The van der Waals surface area contributed by atoms with E-state index in [2.05, 4.69) is 5.32 Å². The zero-order chi connectivity index (χ0) is 12.3. The smallest absolute Gasteiger partial charge is 0.129 e. The number of hydrogen-bond acceptors (Lipinski definition) is 2. The molecule has 2 rings (SSSR count). The lowest BCUT2D eigenvalue weighted by Gasteiger charge is -2.29. The summed E-state index contributed by atoms with van der Waals surface area (Å²) in [6, 6.07) is 3.52. The van der Waals surface area contributed by atoms with Crippen LogP contribution in [0.15, 0.2) is 18.2 Å². The Morgan fingerprint density at radius 3 is 2.53 bits per heavy atom. The van der Waals surface area contributed by atoms with Crippen molar-refractivity contribution >= 4 is 0 Å². The van der Waals surface area contributed by atoms with Crippen LogP contribution in [0.25, 0.3) is 0 Å². The first-order valence-electron chi connectivity index (χ1n) is 6.01. The van der Waals surface area contributed by atoms with E-state index in [0.717, 1.165) is 19.0 Å². The molecule has 0 saturated carbocycles. The van der Waals surface area contributed by atoms with Crippen molar-refractivity contribution in [1.29, 1.82) is 0 Å². The molecule has 1 aromatic carbocycles. The van der Waals surface area contributed by atoms with Gasteiger partial charge in [0.05, 0.1) is 0 Å². The van der Waals surface area contributed by atoms with E-state index in [1.807, 2.05) is 6.92 Å². The molecule has 2 atom stereocenters. The average molecular weight is 241 g/mol. The van der Waals surface area contributed by atoms with Crippen LogP contribution in [-0.4, -0.2) is 18.7 Å². The summed E-state index contributed by atoms with van der Waals surface area (Å²) in [7, 11) is 0. The molecule has 1 fully saturated rings. The van der Waals surface area contributed by atoms with Gasteiger partial charge in [-0.1, -0.05) is 6.42 Å². The Labute approximate surface area is 100.0 Å². The third-order valence-electron chi connectivity index (χ3n) is 3.07. The number of halogens is 2. The van der Waals surface area contributed by atoms with Crippen molar-refractivity contribution in [3.63, 3.8) is 0 Å². The van der Waals surface area contributed by atoms with Crippen molar-refractivity contribution in [2.45, 2.75) is 38.3 Å². The van der Waals surface area contributed by atoms with Crippen molar-refractivity contribution < 1.29 is 13.5 Å². The molecule has 0 spiro atoms. The van der Waals surface area contributed by atoms with E-state index in [9.17, 15) is 8.78 Å². The summed E-state index contributed by atoms with van der Waals surface area (Å²) in [6.45, 7) is 2.90. The topological polar surface area (TPSA) is 21.3 Å². The third-order valence-corrected chi connectivity index (χ3v) is 3.07. The first-order chi connectivity index (χ1) is 8.15. The lowest BCUT2D eigenvalue weighted by atomic mass is 10.0. The second-order valence-corrected chi connectivity index (χ2v) is 4.48.